The van der Waals surface area contributed by atoms with E-state index in [0.717, 1.165) is 5.56 Å². The highest BCUT2D eigenvalue weighted by atomic mass is 35.5. The summed E-state index contributed by atoms with van der Waals surface area (Å²) in [6.07, 6.45) is 0. The van der Waals surface area contributed by atoms with Crippen LogP contribution in [0.1, 0.15) is 15.9 Å². The number of methoxy groups -OCH3 is 1. The summed E-state index contributed by atoms with van der Waals surface area (Å²) in [7, 11) is 1.54. The Kier molecular flexibility index (Phi) is 4.15. The summed E-state index contributed by atoms with van der Waals surface area (Å²) >= 11 is 5.87. The first-order valence-electron chi connectivity index (χ1n) is 6.02. The molecule has 0 saturated heterocycles. The van der Waals surface area contributed by atoms with Gasteiger partial charge >= 0.3 is 0 Å². The molecule has 0 aliphatic carbocycles. The van der Waals surface area contributed by atoms with Gasteiger partial charge in [-0.05, 0) is 48.9 Å². The van der Waals surface area contributed by atoms with Gasteiger partial charge in [0.25, 0.3) is 5.91 Å². The Labute approximate surface area is 122 Å². The fraction of sp³-hybridized carbons (Fsp3) is 0.133. The molecule has 0 aliphatic rings. The smallest absolute Gasteiger partial charge is 0.255 e. The number of nitrogens with two attached hydrogens (primary N) is 1. The van der Waals surface area contributed by atoms with E-state index in [1.54, 1.807) is 43.5 Å². The third-order valence-electron chi connectivity index (χ3n) is 2.92. The van der Waals surface area contributed by atoms with Crippen LogP contribution in [0.15, 0.2) is 36.4 Å². The lowest BCUT2D eigenvalue weighted by molar-refractivity contribution is 0.102. The molecule has 0 spiro atoms. The number of carbonyl (C=O) groups is 1. The van der Waals surface area contributed by atoms with E-state index in [1.807, 2.05) is 6.92 Å². The molecule has 0 unspecified atom stereocenters. The number of benzene rings is 2. The Morgan fingerprint density at radius 2 is 2.00 bits per heavy atom. The summed E-state index contributed by atoms with van der Waals surface area (Å²) in [6.45, 7) is 1.84. The lowest BCUT2D eigenvalue weighted by Gasteiger charge is -2.10. The third kappa shape index (κ3) is 3.03. The van der Waals surface area contributed by atoms with Crippen LogP contribution in [0.2, 0.25) is 5.02 Å². The predicted molar refractivity (Wildman–Crippen MR) is 81.5 cm³/mol. The van der Waals surface area contributed by atoms with E-state index in [2.05, 4.69) is 5.32 Å². The number of ether oxygens (including phenoxy) is 1. The zero-order valence-corrected chi connectivity index (χ0v) is 12.0. The Balaban J connectivity index is 2.21. The average Bonchev–Trinajstić information content (AvgIpc) is 2.38. The van der Waals surface area contributed by atoms with Crippen molar-refractivity contribution in [1.29, 1.82) is 0 Å². The Morgan fingerprint density at radius 1 is 1.25 bits per heavy atom. The van der Waals surface area contributed by atoms with E-state index in [1.165, 1.54) is 0 Å². The van der Waals surface area contributed by atoms with Gasteiger partial charge in [-0.15, -0.1) is 0 Å². The molecular formula is C15H15ClN2O2. The van der Waals surface area contributed by atoms with E-state index in [-0.39, 0.29) is 5.91 Å². The SMILES string of the molecule is COc1ccc(NC(=O)c2ccc(Cl)cc2C)cc1N. The molecule has 3 N–H and O–H groups in total. The minimum atomic E-state index is -0.205. The van der Waals surface area contributed by atoms with Crippen molar-refractivity contribution in [1.82, 2.24) is 0 Å². The van der Waals surface area contributed by atoms with E-state index < -0.39 is 0 Å². The van der Waals surface area contributed by atoms with Crippen LogP contribution in [-0.2, 0) is 0 Å². The molecule has 0 aliphatic heterocycles. The first kappa shape index (κ1) is 14.2. The second-order valence-corrected chi connectivity index (χ2v) is 4.81. The van der Waals surface area contributed by atoms with E-state index in [4.69, 9.17) is 22.1 Å². The van der Waals surface area contributed by atoms with E-state index >= 15 is 0 Å². The van der Waals surface area contributed by atoms with Crippen molar-refractivity contribution < 1.29 is 9.53 Å². The Bertz CT molecular complexity index is 656. The molecule has 0 bridgehead atoms. The van der Waals surface area contributed by atoms with Crippen LogP contribution in [-0.4, -0.2) is 13.0 Å². The maximum atomic E-state index is 12.2. The second kappa shape index (κ2) is 5.84. The summed E-state index contributed by atoms with van der Waals surface area (Å²) in [4.78, 5) is 12.2. The van der Waals surface area contributed by atoms with Gasteiger partial charge in [-0.1, -0.05) is 11.6 Å². The summed E-state index contributed by atoms with van der Waals surface area (Å²) in [5.41, 5.74) is 8.28. The molecule has 4 nitrogen and oxygen atoms in total. The fourth-order valence-electron chi connectivity index (χ4n) is 1.89. The molecule has 20 heavy (non-hydrogen) atoms. The van der Waals surface area contributed by atoms with Crippen LogP contribution in [0.5, 0.6) is 5.75 Å². The average molecular weight is 291 g/mol. The number of hydrogen-bond acceptors (Lipinski definition) is 3. The van der Waals surface area contributed by atoms with Crippen LogP contribution in [0.25, 0.3) is 0 Å². The maximum Gasteiger partial charge on any atom is 0.255 e. The number of rotatable bonds is 3. The van der Waals surface area contributed by atoms with Crippen molar-refractivity contribution in [3.63, 3.8) is 0 Å². The molecule has 0 fully saturated rings. The van der Waals surface area contributed by atoms with Crippen molar-refractivity contribution in [2.45, 2.75) is 6.92 Å². The number of nitrogen functional groups attached to an aromatic ring is 1. The van der Waals surface area contributed by atoms with Crippen LogP contribution in [0, 0.1) is 6.92 Å². The third-order valence-corrected chi connectivity index (χ3v) is 3.16. The molecule has 0 aromatic heterocycles. The van der Waals surface area contributed by atoms with Gasteiger partial charge in [0.1, 0.15) is 5.75 Å². The molecule has 5 heteroatoms. The monoisotopic (exact) mass is 290 g/mol. The normalized spacial score (nSPS) is 10.2. The highest BCUT2D eigenvalue weighted by molar-refractivity contribution is 6.30. The van der Waals surface area contributed by atoms with Gasteiger partial charge in [-0.3, -0.25) is 4.79 Å². The fourth-order valence-corrected chi connectivity index (χ4v) is 2.12. The first-order valence-corrected chi connectivity index (χ1v) is 6.40. The van der Waals surface area contributed by atoms with Gasteiger partial charge in [-0.2, -0.15) is 0 Å². The second-order valence-electron chi connectivity index (χ2n) is 4.37. The number of carbonyl (C=O) groups excluding carboxylic acids is 1. The highest BCUT2D eigenvalue weighted by Crippen LogP contribution is 2.25. The number of amides is 1. The van der Waals surface area contributed by atoms with Gasteiger partial charge in [-0.25, -0.2) is 0 Å². The highest BCUT2D eigenvalue weighted by Gasteiger charge is 2.10. The van der Waals surface area contributed by atoms with Crippen LogP contribution in [0.3, 0.4) is 0 Å². The molecule has 2 aromatic carbocycles. The molecule has 104 valence electrons. The molecule has 2 aromatic rings. The van der Waals surface area contributed by atoms with Gasteiger partial charge in [0, 0.05) is 16.3 Å². The summed E-state index contributed by atoms with van der Waals surface area (Å²) in [5.74, 6) is 0.370. The Morgan fingerprint density at radius 3 is 2.60 bits per heavy atom. The van der Waals surface area contributed by atoms with Crippen molar-refractivity contribution in [2.24, 2.45) is 0 Å². The molecule has 0 saturated carbocycles. The lowest BCUT2D eigenvalue weighted by atomic mass is 10.1. The van der Waals surface area contributed by atoms with Crippen molar-refractivity contribution >= 4 is 28.9 Å². The minimum Gasteiger partial charge on any atom is -0.495 e. The van der Waals surface area contributed by atoms with Crippen LogP contribution < -0.4 is 15.8 Å². The topological polar surface area (TPSA) is 64.3 Å². The number of halogens is 1. The number of anilines is 2. The number of hydrogen-bond donors (Lipinski definition) is 2. The summed E-state index contributed by atoms with van der Waals surface area (Å²) < 4.78 is 5.07. The number of nitrogens with one attached hydrogen (secondary N) is 1. The molecule has 0 heterocycles. The quantitative estimate of drug-likeness (QED) is 0.851. The van der Waals surface area contributed by atoms with E-state index in [9.17, 15) is 4.79 Å². The zero-order valence-electron chi connectivity index (χ0n) is 11.2. The van der Waals surface area contributed by atoms with Crippen LogP contribution >= 0.6 is 11.6 Å². The molecule has 2 rings (SSSR count). The van der Waals surface area contributed by atoms with Gasteiger partial charge in [0.15, 0.2) is 0 Å². The van der Waals surface area contributed by atoms with Gasteiger partial charge < -0.3 is 15.8 Å². The van der Waals surface area contributed by atoms with Gasteiger partial charge in [0.05, 0.1) is 12.8 Å². The summed E-state index contributed by atoms with van der Waals surface area (Å²) in [6, 6.07) is 10.2. The van der Waals surface area contributed by atoms with Crippen molar-refractivity contribution in [3.05, 3.63) is 52.5 Å². The Hall–Kier alpha value is -2.20. The lowest BCUT2D eigenvalue weighted by Crippen LogP contribution is -2.13. The first-order chi connectivity index (χ1) is 9.51. The van der Waals surface area contributed by atoms with Crippen molar-refractivity contribution in [2.75, 3.05) is 18.2 Å². The largest absolute Gasteiger partial charge is 0.495 e. The number of aryl methyl sites for hydroxylation is 1. The van der Waals surface area contributed by atoms with Gasteiger partial charge in [0.2, 0.25) is 0 Å². The summed E-state index contributed by atoms with van der Waals surface area (Å²) in [5, 5.41) is 3.40. The predicted octanol–water partition coefficient (Wildman–Crippen LogP) is 3.49. The molecule has 1 amide bonds. The van der Waals surface area contributed by atoms with E-state index in [0.29, 0.717) is 27.7 Å². The molecule has 0 atom stereocenters. The van der Waals surface area contributed by atoms with Crippen LogP contribution in [0.4, 0.5) is 11.4 Å². The molecule has 0 radical (unpaired) electrons. The maximum absolute atomic E-state index is 12.2. The minimum absolute atomic E-state index is 0.205. The standard InChI is InChI=1S/C15H15ClN2O2/c1-9-7-10(16)3-5-12(9)15(19)18-11-4-6-14(20-2)13(17)8-11/h3-8H,17H2,1-2H3,(H,18,19). The zero-order chi connectivity index (χ0) is 14.7. The molecular weight excluding hydrogens is 276 g/mol. The van der Waals surface area contributed by atoms with Crippen molar-refractivity contribution in [3.8, 4) is 5.75 Å².